The molecule has 0 aliphatic carbocycles. The smallest absolute Gasteiger partial charge is 0.141 e. The molecule has 0 saturated heterocycles. The standard InChI is InChI=1S/C52H45N4O.C11H8N.Ir/c1-31(2)39-28-36(33-17-10-8-11-18-33)29-40(32(3)4)47(39)55-45-24-15-14-23-43(45)53-51(55)38-22-16-21-37-42-27-35-25-26-44-48(41(35)30-46(42)57-49(37)38)56(52(5,6)7)50(54-44)34-19-12-9-13-20-34;1-2-6-10(7-3-1)11-8-4-5-9-12-11;/h8-21,23-32H,1-7H3;1-6,8-9H;/q2*-1;. The third-order valence-corrected chi connectivity index (χ3v) is 13.1. The normalized spacial score (nSPS) is 11.8. The molecular formula is C63H53IrN5O-2. The summed E-state index contributed by atoms with van der Waals surface area (Å²) in [6, 6.07) is 67.9. The van der Waals surface area contributed by atoms with E-state index in [-0.39, 0.29) is 37.5 Å². The number of fused-ring (bicyclic) bond motifs is 7. The van der Waals surface area contributed by atoms with Crippen molar-refractivity contribution < 1.29 is 24.5 Å². The number of imidazole rings is 2. The molecule has 7 heteroatoms. The summed E-state index contributed by atoms with van der Waals surface area (Å²) in [4.78, 5) is 14.8. The van der Waals surface area contributed by atoms with E-state index in [9.17, 15) is 0 Å². The van der Waals surface area contributed by atoms with Gasteiger partial charge in [0.2, 0.25) is 0 Å². The molecule has 0 amide bonds. The molecule has 0 spiro atoms. The van der Waals surface area contributed by atoms with Crippen LogP contribution in [0.4, 0.5) is 0 Å². The molecule has 0 atom stereocenters. The van der Waals surface area contributed by atoms with Gasteiger partial charge in [0.15, 0.2) is 0 Å². The Morgan fingerprint density at radius 3 is 1.90 bits per heavy atom. The molecule has 12 aromatic rings. The molecule has 347 valence electrons. The van der Waals surface area contributed by atoms with Gasteiger partial charge >= 0.3 is 0 Å². The molecule has 0 saturated carbocycles. The van der Waals surface area contributed by atoms with Crippen molar-refractivity contribution in [3.63, 3.8) is 0 Å². The van der Waals surface area contributed by atoms with Crippen LogP contribution < -0.4 is 0 Å². The summed E-state index contributed by atoms with van der Waals surface area (Å²) in [6.07, 6.45) is 1.79. The number of aromatic nitrogens is 5. The largest absolute Gasteiger partial charge is 0.501 e. The Morgan fingerprint density at radius 1 is 0.557 bits per heavy atom. The number of rotatable bonds is 7. The van der Waals surface area contributed by atoms with Crippen LogP contribution in [-0.4, -0.2) is 24.1 Å². The maximum absolute atomic E-state index is 7.02. The molecule has 0 aliphatic rings. The first kappa shape index (κ1) is 46.3. The van der Waals surface area contributed by atoms with Gasteiger partial charge in [-0.1, -0.05) is 130 Å². The zero-order chi connectivity index (χ0) is 47.4. The van der Waals surface area contributed by atoms with Crippen LogP contribution in [0.2, 0.25) is 0 Å². The molecule has 70 heavy (non-hydrogen) atoms. The summed E-state index contributed by atoms with van der Waals surface area (Å²) in [5, 5.41) is 4.37. The first-order valence-electron chi connectivity index (χ1n) is 23.9. The van der Waals surface area contributed by atoms with E-state index in [4.69, 9.17) is 14.4 Å². The number of para-hydroxylation sites is 2. The van der Waals surface area contributed by atoms with E-state index in [0.29, 0.717) is 0 Å². The second-order valence-corrected chi connectivity index (χ2v) is 19.4. The van der Waals surface area contributed by atoms with Crippen molar-refractivity contribution in [3.8, 4) is 50.8 Å². The topological polar surface area (TPSA) is 61.7 Å². The summed E-state index contributed by atoms with van der Waals surface area (Å²) in [7, 11) is 0. The van der Waals surface area contributed by atoms with Gasteiger partial charge < -0.3 is 18.5 Å². The zero-order valence-electron chi connectivity index (χ0n) is 40.5. The van der Waals surface area contributed by atoms with Crippen molar-refractivity contribution in [2.24, 2.45) is 0 Å². The van der Waals surface area contributed by atoms with E-state index in [1.807, 2.05) is 48.5 Å². The van der Waals surface area contributed by atoms with Crippen molar-refractivity contribution in [2.45, 2.75) is 65.8 Å². The molecule has 0 unspecified atom stereocenters. The predicted molar refractivity (Wildman–Crippen MR) is 286 cm³/mol. The van der Waals surface area contributed by atoms with Gasteiger partial charge in [0.25, 0.3) is 0 Å². The molecule has 0 bridgehead atoms. The van der Waals surface area contributed by atoms with E-state index in [1.54, 1.807) is 6.20 Å². The zero-order valence-corrected chi connectivity index (χ0v) is 42.8. The number of hydrogen-bond acceptors (Lipinski definition) is 4. The van der Waals surface area contributed by atoms with Gasteiger partial charge in [-0.3, -0.25) is 4.98 Å². The summed E-state index contributed by atoms with van der Waals surface area (Å²) in [6.45, 7) is 15.9. The quantitative estimate of drug-likeness (QED) is 0.149. The molecule has 0 N–H and O–H groups in total. The molecule has 4 aromatic heterocycles. The van der Waals surface area contributed by atoms with Gasteiger partial charge in [0.1, 0.15) is 11.4 Å². The van der Waals surface area contributed by atoms with Crippen molar-refractivity contribution in [2.75, 3.05) is 0 Å². The first-order chi connectivity index (χ1) is 33.5. The van der Waals surface area contributed by atoms with E-state index in [1.165, 1.54) is 27.9 Å². The number of furan rings is 1. The van der Waals surface area contributed by atoms with Crippen LogP contribution in [-0.2, 0) is 25.6 Å². The monoisotopic (exact) mass is 1090 g/mol. The maximum Gasteiger partial charge on any atom is 0.141 e. The van der Waals surface area contributed by atoms with Crippen LogP contribution in [0, 0.1) is 12.1 Å². The first-order valence-corrected chi connectivity index (χ1v) is 23.9. The van der Waals surface area contributed by atoms with Gasteiger partial charge in [-0.05, 0) is 114 Å². The maximum atomic E-state index is 7.02. The van der Waals surface area contributed by atoms with E-state index >= 15 is 0 Å². The predicted octanol–water partition coefficient (Wildman–Crippen LogP) is 16.8. The fourth-order valence-electron chi connectivity index (χ4n) is 9.84. The second-order valence-electron chi connectivity index (χ2n) is 19.4. The second kappa shape index (κ2) is 18.8. The molecule has 1 radical (unpaired) electrons. The van der Waals surface area contributed by atoms with E-state index < -0.39 is 0 Å². The minimum Gasteiger partial charge on any atom is -0.501 e. The Bertz CT molecular complexity index is 3740. The van der Waals surface area contributed by atoms with Crippen molar-refractivity contribution >= 4 is 54.8 Å². The summed E-state index contributed by atoms with van der Waals surface area (Å²) >= 11 is 0. The Kier molecular flexibility index (Phi) is 12.4. The number of hydrogen-bond donors (Lipinski definition) is 0. The number of benzene rings is 8. The summed E-state index contributed by atoms with van der Waals surface area (Å²) < 4.78 is 11.8. The molecule has 8 aromatic carbocycles. The Balaban J connectivity index is 0.000000381. The minimum absolute atomic E-state index is 0. The van der Waals surface area contributed by atoms with E-state index in [0.717, 1.165) is 88.8 Å². The minimum atomic E-state index is -0.221. The van der Waals surface area contributed by atoms with Crippen molar-refractivity contribution in [1.29, 1.82) is 0 Å². The molecular weight excluding hydrogens is 1030 g/mol. The van der Waals surface area contributed by atoms with Crippen LogP contribution in [0.1, 0.15) is 71.4 Å². The van der Waals surface area contributed by atoms with Gasteiger partial charge in [0, 0.05) is 53.9 Å². The van der Waals surface area contributed by atoms with Crippen LogP contribution in [0.15, 0.2) is 187 Å². The third-order valence-electron chi connectivity index (χ3n) is 13.1. The molecule has 12 rings (SSSR count). The summed E-state index contributed by atoms with van der Waals surface area (Å²) in [5.41, 5.74) is 15.6. The third kappa shape index (κ3) is 8.33. The average Bonchev–Trinajstić information content (AvgIpc) is 4.08. The Morgan fingerprint density at radius 2 is 1.23 bits per heavy atom. The molecule has 0 fully saturated rings. The van der Waals surface area contributed by atoms with Crippen LogP contribution in [0.3, 0.4) is 0 Å². The summed E-state index contributed by atoms with van der Waals surface area (Å²) in [5.74, 6) is 2.30. The van der Waals surface area contributed by atoms with Crippen LogP contribution in [0.5, 0.6) is 0 Å². The van der Waals surface area contributed by atoms with Gasteiger partial charge in [-0.2, -0.15) is 0 Å². The Hall–Kier alpha value is -7.44. The molecule has 6 nitrogen and oxygen atoms in total. The fourth-order valence-corrected chi connectivity index (χ4v) is 9.84. The molecule has 0 aliphatic heterocycles. The SMILES string of the molecule is CC(C)c1cc(-c2ccccc2)cc(C(C)C)c1-n1c(-c2[c-]ccc3c2oc2cc4c(ccc5nc(-c6ccccc6)n(C(C)(C)C)c54)cc23)nc2ccccc21.[Ir].[c-]1ccccc1-c1ccccn1. The number of nitrogens with zero attached hydrogens (tertiary/aromatic N) is 5. The molecule has 4 heterocycles. The van der Waals surface area contributed by atoms with Gasteiger partial charge in [-0.15, -0.1) is 54.1 Å². The van der Waals surface area contributed by atoms with Crippen LogP contribution in [0.25, 0.3) is 106 Å². The van der Waals surface area contributed by atoms with Crippen molar-refractivity contribution in [3.05, 3.63) is 205 Å². The fraction of sp³-hybridized carbons (Fsp3) is 0.159. The Labute approximate surface area is 423 Å². The van der Waals surface area contributed by atoms with Gasteiger partial charge in [-0.25, -0.2) is 4.98 Å². The average molecular weight is 1090 g/mol. The van der Waals surface area contributed by atoms with E-state index in [2.05, 4.69) is 202 Å². The number of pyridine rings is 1. The van der Waals surface area contributed by atoms with Gasteiger partial charge in [0.05, 0.1) is 33.5 Å². The van der Waals surface area contributed by atoms with Crippen LogP contribution >= 0.6 is 0 Å². The van der Waals surface area contributed by atoms with Crippen molar-refractivity contribution in [1.82, 2.24) is 24.1 Å².